The molecular weight excluding hydrogens is 314 g/mol. The molecule has 1 aromatic rings. The molecule has 2 aliphatic carbocycles. The highest BCUT2D eigenvalue weighted by molar-refractivity contribution is 6.22. The first-order valence-corrected chi connectivity index (χ1v) is 8.51. The molecule has 1 aliphatic heterocycles. The molecule has 4 nitrogen and oxygen atoms in total. The van der Waals surface area contributed by atoms with E-state index in [1.54, 1.807) is 0 Å². The summed E-state index contributed by atoms with van der Waals surface area (Å²) in [7, 11) is 0. The molecule has 2 bridgehead atoms. The van der Waals surface area contributed by atoms with Crippen molar-refractivity contribution in [2.75, 3.05) is 17.4 Å². The van der Waals surface area contributed by atoms with Gasteiger partial charge in [0.25, 0.3) is 0 Å². The number of carbonyl (C=O) groups is 2. The van der Waals surface area contributed by atoms with Crippen molar-refractivity contribution < 1.29 is 14.3 Å². The fourth-order valence-electron chi connectivity index (χ4n) is 4.52. The number of halogens is 1. The van der Waals surface area contributed by atoms with Crippen LogP contribution in [0.15, 0.2) is 41.7 Å². The molecule has 2 amide bonds. The highest BCUT2D eigenvalue weighted by Gasteiger charge is 2.63. The fraction of sp³-hybridized carbons (Fsp3) is 0.444. The minimum Gasteiger partial charge on any atom is -0.496 e. The van der Waals surface area contributed by atoms with Crippen LogP contribution in [0.4, 0.5) is 5.69 Å². The molecule has 1 heterocycles. The molecule has 1 saturated heterocycles. The number of para-hydroxylation sites is 1. The Morgan fingerprint density at radius 3 is 2.43 bits per heavy atom. The number of hydrogen-bond acceptors (Lipinski definition) is 3. The smallest absolute Gasteiger partial charge is 0.238 e. The predicted octanol–water partition coefficient (Wildman–Crippen LogP) is 2.97. The van der Waals surface area contributed by atoms with Crippen LogP contribution in [0, 0.1) is 23.7 Å². The first-order chi connectivity index (χ1) is 11.1. The maximum Gasteiger partial charge on any atom is 0.238 e. The van der Waals surface area contributed by atoms with Gasteiger partial charge in [0.2, 0.25) is 11.8 Å². The summed E-state index contributed by atoms with van der Waals surface area (Å²) in [5, 5.41) is 0. The summed E-state index contributed by atoms with van der Waals surface area (Å²) < 4.78 is 5.80. The Morgan fingerprint density at radius 2 is 1.78 bits per heavy atom. The van der Waals surface area contributed by atoms with Gasteiger partial charge in [-0.05, 0) is 37.0 Å². The normalized spacial score (nSPS) is 32.0. The van der Waals surface area contributed by atoms with Crippen LogP contribution in [0.2, 0.25) is 0 Å². The number of fused-ring (bicyclic) bond motifs is 5. The number of alkyl halides is 1. The zero-order valence-corrected chi connectivity index (χ0v) is 13.6. The van der Waals surface area contributed by atoms with Crippen molar-refractivity contribution in [3.8, 4) is 0 Å². The standard InChI is InChI=1S/C18H18ClNO3/c1-10-12-9-13(16(10)23-8-7-19)15-14(12)17(21)20(18(15)22)11-5-3-2-4-6-11/h2-6,12-15H,7-9H2,1H3. The predicted molar refractivity (Wildman–Crippen MR) is 86.9 cm³/mol. The maximum atomic E-state index is 12.9. The number of imide groups is 1. The van der Waals surface area contributed by atoms with E-state index in [0.717, 1.165) is 17.8 Å². The molecule has 23 heavy (non-hydrogen) atoms. The van der Waals surface area contributed by atoms with Gasteiger partial charge in [-0.1, -0.05) is 18.2 Å². The number of hydrogen-bond donors (Lipinski definition) is 0. The third-order valence-corrected chi connectivity index (χ3v) is 5.56. The van der Waals surface area contributed by atoms with Crippen molar-refractivity contribution in [3.05, 3.63) is 41.7 Å². The second-order valence-corrected chi connectivity index (χ2v) is 6.81. The minimum absolute atomic E-state index is 0.0263. The summed E-state index contributed by atoms with van der Waals surface area (Å²) in [6, 6.07) is 9.19. The highest BCUT2D eigenvalue weighted by atomic mass is 35.5. The second kappa shape index (κ2) is 5.38. The second-order valence-electron chi connectivity index (χ2n) is 6.43. The van der Waals surface area contributed by atoms with Crippen LogP contribution in [0.5, 0.6) is 0 Å². The molecule has 1 aromatic carbocycles. The van der Waals surface area contributed by atoms with Gasteiger partial charge in [0.05, 0.1) is 29.2 Å². The molecule has 0 radical (unpaired) electrons. The van der Waals surface area contributed by atoms with Gasteiger partial charge >= 0.3 is 0 Å². The van der Waals surface area contributed by atoms with Gasteiger partial charge in [-0.25, -0.2) is 0 Å². The molecule has 0 N–H and O–H groups in total. The maximum absolute atomic E-state index is 12.9. The molecule has 3 aliphatic rings. The van der Waals surface area contributed by atoms with Crippen LogP contribution in [0.3, 0.4) is 0 Å². The van der Waals surface area contributed by atoms with E-state index < -0.39 is 0 Å². The average Bonchev–Trinajstić information content (AvgIpc) is 3.17. The third-order valence-electron chi connectivity index (χ3n) is 5.40. The van der Waals surface area contributed by atoms with Gasteiger partial charge in [-0.15, -0.1) is 11.6 Å². The molecule has 0 aromatic heterocycles. The van der Waals surface area contributed by atoms with Gasteiger partial charge in [-0.2, -0.15) is 0 Å². The van der Waals surface area contributed by atoms with Crippen molar-refractivity contribution in [3.63, 3.8) is 0 Å². The Balaban J connectivity index is 1.68. The van der Waals surface area contributed by atoms with E-state index in [2.05, 4.69) is 0 Å². The Hall–Kier alpha value is -1.81. The zero-order chi connectivity index (χ0) is 16.1. The largest absolute Gasteiger partial charge is 0.496 e. The lowest BCUT2D eigenvalue weighted by Crippen LogP contribution is -2.33. The van der Waals surface area contributed by atoms with Crippen LogP contribution < -0.4 is 4.90 Å². The molecule has 5 heteroatoms. The SMILES string of the molecule is CC1=C(OCCCl)C2CC1C1C(=O)N(c3ccccc3)C(=O)C21. The number of carbonyl (C=O) groups excluding carboxylic acids is 2. The van der Waals surface area contributed by atoms with Crippen molar-refractivity contribution in [2.45, 2.75) is 13.3 Å². The van der Waals surface area contributed by atoms with Gasteiger partial charge in [0, 0.05) is 5.92 Å². The quantitative estimate of drug-likeness (QED) is 0.629. The topological polar surface area (TPSA) is 46.6 Å². The monoisotopic (exact) mass is 331 g/mol. The minimum atomic E-state index is -0.276. The molecule has 4 atom stereocenters. The van der Waals surface area contributed by atoms with Crippen LogP contribution in [0.25, 0.3) is 0 Å². The number of ether oxygens (including phenoxy) is 1. The summed E-state index contributed by atoms with van der Waals surface area (Å²) >= 11 is 5.72. The van der Waals surface area contributed by atoms with Gasteiger partial charge < -0.3 is 4.74 Å². The molecule has 2 fully saturated rings. The summed E-state index contributed by atoms with van der Waals surface area (Å²) in [4.78, 5) is 27.2. The van der Waals surface area contributed by atoms with E-state index in [1.165, 1.54) is 4.90 Å². The van der Waals surface area contributed by atoms with E-state index in [1.807, 2.05) is 37.3 Å². The van der Waals surface area contributed by atoms with E-state index in [-0.39, 0.29) is 35.5 Å². The van der Waals surface area contributed by atoms with Crippen LogP contribution >= 0.6 is 11.6 Å². The van der Waals surface area contributed by atoms with Gasteiger partial charge in [0.1, 0.15) is 6.61 Å². The van der Waals surface area contributed by atoms with E-state index in [9.17, 15) is 9.59 Å². The molecule has 4 unspecified atom stereocenters. The lowest BCUT2D eigenvalue weighted by atomic mass is 9.80. The number of anilines is 1. The third kappa shape index (κ3) is 1.97. The molecule has 4 rings (SSSR count). The summed E-state index contributed by atoms with van der Waals surface area (Å²) in [6.07, 6.45) is 0.846. The molecule has 0 spiro atoms. The zero-order valence-electron chi connectivity index (χ0n) is 12.9. The van der Waals surface area contributed by atoms with Crippen molar-refractivity contribution in [1.82, 2.24) is 0 Å². The Labute approximate surface area is 140 Å². The first kappa shape index (κ1) is 14.8. The Bertz CT molecular complexity index is 699. The fourth-order valence-corrected chi connectivity index (χ4v) is 4.60. The number of benzene rings is 1. The Morgan fingerprint density at radius 1 is 1.13 bits per heavy atom. The highest BCUT2D eigenvalue weighted by Crippen LogP contribution is 2.59. The van der Waals surface area contributed by atoms with Crippen LogP contribution in [-0.4, -0.2) is 24.3 Å². The van der Waals surface area contributed by atoms with E-state index in [0.29, 0.717) is 18.2 Å². The van der Waals surface area contributed by atoms with Crippen LogP contribution in [0.1, 0.15) is 13.3 Å². The summed E-state index contributed by atoms with van der Waals surface area (Å²) in [6.45, 7) is 2.47. The average molecular weight is 332 g/mol. The van der Waals surface area contributed by atoms with Crippen molar-refractivity contribution in [1.29, 1.82) is 0 Å². The summed E-state index contributed by atoms with van der Waals surface area (Å²) in [5.74, 6) is 0.822. The van der Waals surface area contributed by atoms with Crippen LogP contribution in [-0.2, 0) is 14.3 Å². The lowest BCUT2D eigenvalue weighted by Gasteiger charge is -2.24. The summed E-state index contributed by atoms with van der Waals surface area (Å²) in [5.41, 5.74) is 1.79. The van der Waals surface area contributed by atoms with E-state index in [4.69, 9.17) is 16.3 Å². The van der Waals surface area contributed by atoms with E-state index >= 15 is 0 Å². The number of rotatable bonds is 4. The van der Waals surface area contributed by atoms with Gasteiger partial charge in [0.15, 0.2) is 0 Å². The molecule has 120 valence electrons. The van der Waals surface area contributed by atoms with Crippen molar-refractivity contribution >= 4 is 29.1 Å². The van der Waals surface area contributed by atoms with Gasteiger partial charge in [-0.3, -0.25) is 14.5 Å². The first-order valence-electron chi connectivity index (χ1n) is 7.97. The number of amides is 2. The Kier molecular flexibility index (Phi) is 3.45. The number of allylic oxidation sites excluding steroid dienone is 2. The molecular formula is C18H18ClNO3. The molecule has 1 saturated carbocycles. The number of nitrogens with zero attached hydrogens (tertiary/aromatic N) is 1. The van der Waals surface area contributed by atoms with Crippen molar-refractivity contribution in [2.24, 2.45) is 23.7 Å². The lowest BCUT2D eigenvalue weighted by molar-refractivity contribution is -0.123.